The number of esters is 1. The molecule has 0 aliphatic carbocycles. The summed E-state index contributed by atoms with van der Waals surface area (Å²) in [7, 11) is 3.35. The van der Waals surface area contributed by atoms with Gasteiger partial charge in [0.25, 0.3) is 0 Å². The van der Waals surface area contributed by atoms with Gasteiger partial charge < -0.3 is 19.9 Å². The number of imidazole rings is 1. The first-order valence-corrected chi connectivity index (χ1v) is 9.62. The molecule has 8 heteroatoms. The second kappa shape index (κ2) is 7.54. The van der Waals surface area contributed by atoms with Crippen LogP contribution in [0.15, 0.2) is 36.4 Å². The zero-order valence-corrected chi connectivity index (χ0v) is 16.6. The molecule has 0 radical (unpaired) electrons. The number of piperidine rings is 1. The number of ether oxygens (including phenoxy) is 1. The number of pyridine rings is 1. The Morgan fingerprint density at radius 1 is 1.17 bits per heavy atom. The van der Waals surface area contributed by atoms with Crippen molar-refractivity contribution in [3.8, 4) is 11.4 Å². The van der Waals surface area contributed by atoms with Gasteiger partial charge in [-0.3, -0.25) is 5.41 Å². The van der Waals surface area contributed by atoms with Gasteiger partial charge in [-0.25, -0.2) is 14.8 Å². The van der Waals surface area contributed by atoms with Crippen molar-refractivity contribution in [2.24, 2.45) is 12.8 Å². The molecule has 1 aliphatic heterocycles. The second-order valence-corrected chi connectivity index (χ2v) is 7.23. The summed E-state index contributed by atoms with van der Waals surface area (Å²) in [5.74, 6) is 1.36. The number of hydrogen-bond donors (Lipinski definition) is 2. The van der Waals surface area contributed by atoms with E-state index in [1.165, 1.54) is 7.11 Å². The third kappa shape index (κ3) is 3.41. The zero-order chi connectivity index (χ0) is 20.5. The van der Waals surface area contributed by atoms with Gasteiger partial charge >= 0.3 is 5.97 Å². The van der Waals surface area contributed by atoms with Crippen LogP contribution in [-0.4, -0.2) is 46.0 Å². The maximum atomic E-state index is 12.2. The highest BCUT2D eigenvalue weighted by molar-refractivity contribution is 5.95. The number of carbonyl (C=O) groups excluding carboxylic acids is 1. The number of benzene rings is 1. The largest absolute Gasteiger partial charge is 0.467 e. The average molecular weight is 392 g/mol. The lowest BCUT2D eigenvalue weighted by atomic mass is 10.0. The quantitative estimate of drug-likeness (QED) is 0.401. The minimum absolute atomic E-state index is 0.0366. The summed E-state index contributed by atoms with van der Waals surface area (Å²) in [6.07, 6.45) is 2.79. The van der Waals surface area contributed by atoms with Gasteiger partial charge in [0.05, 0.1) is 7.11 Å². The van der Waals surface area contributed by atoms with E-state index in [9.17, 15) is 4.79 Å². The molecule has 4 rings (SSSR count). The zero-order valence-electron chi connectivity index (χ0n) is 16.6. The topological polar surface area (TPSA) is 110 Å². The van der Waals surface area contributed by atoms with E-state index < -0.39 is 0 Å². The first-order valence-electron chi connectivity index (χ1n) is 9.62. The van der Waals surface area contributed by atoms with E-state index in [4.69, 9.17) is 25.8 Å². The molecule has 0 bridgehead atoms. The molecule has 1 unspecified atom stereocenters. The van der Waals surface area contributed by atoms with Crippen LogP contribution >= 0.6 is 0 Å². The summed E-state index contributed by atoms with van der Waals surface area (Å²) in [5.41, 5.74) is 8.67. The normalized spacial score (nSPS) is 16.8. The highest BCUT2D eigenvalue weighted by atomic mass is 16.5. The van der Waals surface area contributed by atoms with E-state index in [2.05, 4.69) is 0 Å². The first kappa shape index (κ1) is 18.9. The van der Waals surface area contributed by atoms with Crippen LogP contribution in [0.3, 0.4) is 0 Å². The number of nitrogens with two attached hydrogens (primary N) is 1. The highest BCUT2D eigenvalue weighted by Crippen LogP contribution is 2.28. The van der Waals surface area contributed by atoms with Crippen molar-refractivity contribution in [2.75, 3.05) is 18.6 Å². The van der Waals surface area contributed by atoms with Gasteiger partial charge in [0.2, 0.25) is 0 Å². The third-order valence-electron chi connectivity index (χ3n) is 5.43. The van der Waals surface area contributed by atoms with Crippen molar-refractivity contribution in [2.45, 2.75) is 25.3 Å². The number of methoxy groups -OCH3 is 1. The molecule has 3 aromatic rings. The second-order valence-electron chi connectivity index (χ2n) is 7.23. The monoisotopic (exact) mass is 392 g/mol. The Hall–Kier alpha value is -3.42. The Morgan fingerprint density at radius 3 is 2.62 bits per heavy atom. The molecule has 0 amide bonds. The summed E-state index contributed by atoms with van der Waals surface area (Å²) in [4.78, 5) is 23.8. The van der Waals surface area contributed by atoms with Gasteiger partial charge in [-0.15, -0.1) is 0 Å². The van der Waals surface area contributed by atoms with Gasteiger partial charge in [0, 0.05) is 24.7 Å². The molecule has 150 valence electrons. The summed E-state index contributed by atoms with van der Waals surface area (Å²) < 4.78 is 6.93. The molecule has 8 nitrogen and oxygen atoms in total. The number of aryl methyl sites for hydroxylation is 1. The number of amidine groups is 1. The predicted octanol–water partition coefficient (Wildman–Crippen LogP) is 2.45. The van der Waals surface area contributed by atoms with Gasteiger partial charge in [-0.05, 0) is 31.4 Å². The summed E-state index contributed by atoms with van der Waals surface area (Å²) >= 11 is 0. The molecule has 29 heavy (non-hydrogen) atoms. The number of fused-ring (bicyclic) bond motifs is 1. The number of carbonyl (C=O) groups is 1. The van der Waals surface area contributed by atoms with Crippen molar-refractivity contribution in [1.29, 1.82) is 5.41 Å². The average Bonchev–Trinajstić information content (AvgIpc) is 3.09. The van der Waals surface area contributed by atoms with Crippen LogP contribution in [0.2, 0.25) is 0 Å². The number of nitrogens with one attached hydrogen (secondary N) is 1. The SMILES string of the molecule is COC(=O)C1CCCCN1c1ccc2nc(-c3ccc(C(=N)N)cc3)n(C)c2n1. The highest BCUT2D eigenvalue weighted by Gasteiger charge is 2.30. The molecule has 2 aromatic heterocycles. The molecule has 1 atom stereocenters. The maximum absolute atomic E-state index is 12.2. The Bertz CT molecular complexity index is 1070. The number of anilines is 1. The smallest absolute Gasteiger partial charge is 0.328 e. The van der Waals surface area contributed by atoms with E-state index in [0.717, 1.165) is 54.2 Å². The van der Waals surface area contributed by atoms with Gasteiger partial charge in [0.1, 0.15) is 29.0 Å². The molecule has 1 fully saturated rings. The minimum atomic E-state index is -0.300. The molecule has 0 saturated carbocycles. The maximum Gasteiger partial charge on any atom is 0.328 e. The van der Waals surface area contributed by atoms with Gasteiger partial charge in [-0.1, -0.05) is 24.3 Å². The van der Waals surface area contributed by atoms with Crippen molar-refractivity contribution < 1.29 is 9.53 Å². The summed E-state index contributed by atoms with van der Waals surface area (Å²) in [5, 5.41) is 7.53. The number of rotatable bonds is 4. The van der Waals surface area contributed by atoms with Crippen LogP contribution < -0.4 is 10.6 Å². The van der Waals surface area contributed by atoms with Crippen LogP contribution in [0.5, 0.6) is 0 Å². The van der Waals surface area contributed by atoms with Gasteiger partial charge in [0.15, 0.2) is 5.65 Å². The van der Waals surface area contributed by atoms with E-state index in [1.54, 1.807) is 0 Å². The molecule has 1 aromatic carbocycles. The molecule has 1 saturated heterocycles. The number of aromatic nitrogens is 3. The van der Waals surface area contributed by atoms with E-state index >= 15 is 0 Å². The Kier molecular flexibility index (Phi) is 4.92. The van der Waals surface area contributed by atoms with Gasteiger partial charge in [-0.2, -0.15) is 0 Å². The van der Waals surface area contributed by atoms with Crippen LogP contribution in [0, 0.1) is 5.41 Å². The predicted molar refractivity (Wildman–Crippen MR) is 112 cm³/mol. The van der Waals surface area contributed by atoms with Crippen LogP contribution in [0.25, 0.3) is 22.6 Å². The van der Waals surface area contributed by atoms with Crippen LogP contribution in [0.1, 0.15) is 24.8 Å². The Balaban J connectivity index is 1.72. The Morgan fingerprint density at radius 2 is 1.93 bits per heavy atom. The fourth-order valence-electron chi connectivity index (χ4n) is 3.86. The number of nitrogen functional groups attached to an aromatic ring is 1. The molecule has 0 spiro atoms. The Labute approximate surface area is 168 Å². The van der Waals surface area contributed by atoms with Crippen LogP contribution in [0.4, 0.5) is 5.82 Å². The fourth-order valence-corrected chi connectivity index (χ4v) is 3.86. The lowest BCUT2D eigenvalue weighted by molar-refractivity contribution is -0.142. The standard InChI is InChI=1S/C21H24N6O2/c1-26-19(14-8-6-13(7-9-14)18(22)23)24-15-10-11-17(25-20(15)26)27-12-4-3-5-16(27)21(28)29-2/h6-11,16H,3-5,12H2,1-2H3,(H3,22,23). The lowest BCUT2D eigenvalue weighted by Crippen LogP contribution is -2.45. The molecule has 3 heterocycles. The number of nitrogens with zero attached hydrogens (tertiary/aromatic N) is 4. The molecular formula is C21H24N6O2. The third-order valence-corrected chi connectivity index (χ3v) is 5.43. The van der Waals surface area contributed by atoms with E-state index in [-0.39, 0.29) is 17.8 Å². The van der Waals surface area contributed by atoms with E-state index in [0.29, 0.717) is 5.56 Å². The van der Waals surface area contributed by atoms with Crippen molar-refractivity contribution in [3.63, 3.8) is 0 Å². The van der Waals surface area contributed by atoms with Crippen molar-refractivity contribution >= 4 is 28.8 Å². The molecule has 3 N–H and O–H groups in total. The first-order chi connectivity index (χ1) is 14.0. The lowest BCUT2D eigenvalue weighted by Gasteiger charge is -2.34. The van der Waals surface area contributed by atoms with Crippen molar-refractivity contribution in [1.82, 2.24) is 14.5 Å². The molecule has 1 aliphatic rings. The summed E-state index contributed by atoms with van der Waals surface area (Å²) in [6, 6.07) is 11.0. The number of hydrogen-bond acceptors (Lipinski definition) is 6. The summed E-state index contributed by atoms with van der Waals surface area (Å²) in [6.45, 7) is 0.773. The molecular weight excluding hydrogens is 368 g/mol. The van der Waals surface area contributed by atoms with Crippen LogP contribution in [-0.2, 0) is 16.6 Å². The van der Waals surface area contributed by atoms with E-state index in [1.807, 2.05) is 52.9 Å². The fraction of sp³-hybridized carbons (Fsp3) is 0.333. The van der Waals surface area contributed by atoms with Crippen molar-refractivity contribution in [3.05, 3.63) is 42.0 Å². The minimum Gasteiger partial charge on any atom is -0.467 e.